The smallest absolute Gasteiger partial charge is 0.255 e. The maximum absolute atomic E-state index is 12.6. The Morgan fingerprint density at radius 2 is 2.12 bits per heavy atom. The average Bonchev–Trinajstić information content (AvgIpc) is 2.59. The highest BCUT2D eigenvalue weighted by Crippen LogP contribution is 2.43. The van der Waals surface area contributed by atoms with Crippen LogP contribution in [0.4, 0.5) is 5.69 Å². The van der Waals surface area contributed by atoms with Gasteiger partial charge in [0.05, 0.1) is 35.9 Å². The van der Waals surface area contributed by atoms with Crippen LogP contribution in [-0.4, -0.2) is 18.0 Å². The van der Waals surface area contributed by atoms with E-state index in [2.05, 4.69) is 10.3 Å². The number of methoxy groups -OCH3 is 1. The van der Waals surface area contributed by atoms with E-state index in [0.717, 1.165) is 0 Å². The number of halogens is 1. The molecule has 1 aliphatic rings. The third-order valence-electron chi connectivity index (χ3n) is 4.28. The van der Waals surface area contributed by atoms with Gasteiger partial charge >= 0.3 is 0 Å². The normalized spacial score (nSPS) is 15.7. The molecule has 1 atom stereocenters. The number of benzene rings is 1. The highest BCUT2D eigenvalue weighted by atomic mass is 35.5. The first kappa shape index (κ1) is 17.6. The molecule has 26 heavy (non-hydrogen) atoms. The van der Waals surface area contributed by atoms with Crippen molar-refractivity contribution >= 4 is 23.2 Å². The van der Waals surface area contributed by atoms with Crippen LogP contribution in [0.15, 0.2) is 40.3 Å². The van der Waals surface area contributed by atoms with Crippen molar-refractivity contribution in [1.29, 1.82) is 5.26 Å². The molecule has 1 amide bonds. The molecule has 7 nitrogen and oxygen atoms in total. The number of carbonyl (C=O) groups is 1. The van der Waals surface area contributed by atoms with Crippen molar-refractivity contribution < 1.29 is 9.53 Å². The molecule has 1 aromatic heterocycles. The van der Waals surface area contributed by atoms with E-state index in [0.29, 0.717) is 33.8 Å². The number of primary amides is 1. The standard InChI is InChI=1S/C18H15ClN4O3/c1-8-14(17(21)24)15(10-4-3-9(7-20)5-12(10)26-2)16-11(22-8)6-13(19)23-18(16)25/h3-6,15,22H,1-2H3,(H2,21,24)(H,23,25). The molecular weight excluding hydrogens is 356 g/mol. The van der Waals surface area contributed by atoms with Crippen LogP contribution in [0.3, 0.4) is 0 Å². The minimum absolute atomic E-state index is 0.169. The lowest BCUT2D eigenvalue weighted by Gasteiger charge is -2.29. The number of nitrogens with two attached hydrogens (primary N) is 1. The number of aromatic nitrogens is 1. The molecule has 1 aromatic carbocycles. The van der Waals surface area contributed by atoms with Crippen molar-refractivity contribution in [3.63, 3.8) is 0 Å². The number of anilines is 1. The van der Waals surface area contributed by atoms with Gasteiger partial charge in [-0.3, -0.25) is 9.59 Å². The predicted molar refractivity (Wildman–Crippen MR) is 97.1 cm³/mol. The van der Waals surface area contributed by atoms with Gasteiger partial charge in [-0.05, 0) is 25.1 Å². The highest BCUT2D eigenvalue weighted by Gasteiger charge is 2.35. The first-order chi connectivity index (χ1) is 12.4. The molecule has 132 valence electrons. The van der Waals surface area contributed by atoms with E-state index in [4.69, 9.17) is 27.3 Å². The molecule has 0 aliphatic carbocycles. The number of pyridine rings is 1. The number of rotatable bonds is 3. The Kier molecular flexibility index (Phi) is 4.45. The van der Waals surface area contributed by atoms with Crippen molar-refractivity contribution in [2.45, 2.75) is 12.8 Å². The van der Waals surface area contributed by atoms with Gasteiger partial charge in [-0.25, -0.2) is 0 Å². The van der Waals surface area contributed by atoms with Gasteiger partial charge in [-0.1, -0.05) is 17.7 Å². The second-order valence-electron chi connectivity index (χ2n) is 5.80. The van der Waals surface area contributed by atoms with Gasteiger partial charge in [0.1, 0.15) is 10.9 Å². The second kappa shape index (κ2) is 6.58. The third kappa shape index (κ3) is 2.80. The highest BCUT2D eigenvalue weighted by molar-refractivity contribution is 6.29. The predicted octanol–water partition coefficient (Wildman–Crippen LogP) is 2.23. The number of fused-ring (bicyclic) bond motifs is 1. The molecule has 2 aromatic rings. The van der Waals surface area contributed by atoms with Crippen LogP contribution in [0.25, 0.3) is 0 Å². The van der Waals surface area contributed by atoms with Crippen molar-refractivity contribution in [3.05, 3.63) is 67.7 Å². The van der Waals surface area contributed by atoms with Crippen LogP contribution < -0.4 is 21.3 Å². The number of ether oxygens (including phenoxy) is 1. The van der Waals surface area contributed by atoms with E-state index in [1.165, 1.54) is 7.11 Å². The van der Waals surface area contributed by atoms with E-state index in [1.54, 1.807) is 31.2 Å². The molecule has 0 radical (unpaired) electrons. The minimum Gasteiger partial charge on any atom is -0.496 e. The fourth-order valence-electron chi connectivity index (χ4n) is 3.22. The van der Waals surface area contributed by atoms with Crippen LogP contribution in [0.2, 0.25) is 5.15 Å². The number of allylic oxidation sites excluding steroid dienone is 1. The zero-order valence-electron chi connectivity index (χ0n) is 14.0. The molecule has 8 heteroatoms. The summed E-state index contributed by atoms with van der Waals surface area (Å²) >= 11 is 5.96. The molecule has 0 bridgehead atoms. The molecule has 0 fully saturated rings. The van der Waals surface area contributed by atoms with E-state index >= 15 is 0 Å². The summed E-state index contributed by atoms with van der Waals surface area (Å²) in [6.07, 6.45) is 0. The van der Waals surface area contributed by atoms with Crippen LogP contribution in [0, 0.1) is 11.3 Å². The first-order valence-corrected chi connectivity index (χ1v) is 8.03. The molecule has 0 saturated carbocycles. The van der Waals surface area contributed by atoms with E-state index in [1.807, 2.05) is 6.07 Å². The van der Waals surface area contributed by atoms with Crippen LogP contribution >= 0.6 is 11.6 Å². The monoisotopic (exact) mass is 370 g/mol. The summed E-state index contributed by atoms with van der Waals surface area (Å²) in [7, 11) is 1.45. The largest absolute Gasteiger partial charge is 0.496 e. The second-order valence-corrected chi connectivity index (χ2v) is 6.21. The molecule has 1 aliphatic heterocycles. The average molecular weight is 371 g/mol. The van der Waals surface area contributed by atoms with Crippen LogP contribution in [0.1, 0.15) is 29.5 Å². The number of nitrogens with one attached hydrogen (secondary N) is 2. The zero-order valence-corrected chi connectivity index (χ0v) is 14.8. The number of hydrogen-bond acceptors (Lipinski definition) is 5. The summed E-state index contributed by atoms with van der Waals surface area (Å²) in [5.74, 6) is -1.04. The van der Waals surface area contributed by atoms with Gasteiger partial charge in [-0.2, -0.15) is 5.26 Å². The molecule has 2 heterocycles. The lowest BCUT2D eigenvalue weighted by atomic mass is 9.80. The Hall–Kier alpha value is -3.24. The van der Waals surface area contributed by atoms with Gasteiger partial charge in [-0.15, -0.1) is 0 Å². The maximum atomic E-state index is 12.6. The van der Waals surface area contributed by atoms with Crippen molar-refractivity contribution in [2.24, 2.45) is 5.73 Å². The molecule has 0 saturated heterocycles. The zero-order chi connectivity index (χ0) is 19.0. The third-order valence-corrected chi connectivity index (χ3v) is 4.48. The van der Waals surface area contributed by atoms with Crippen molar-refractivity contribution in [1.82, 2.24) is 4.98 Å². The SMILES string of the molecule is COc1cc(C#N)ccc1C1C(C(N)=O)=C(C)Nc2cc(Cl)[nH]c(=O)c21. The lowest BCUT2D eigenvalue weighted by Crippen LogP contribution is -2.32. The van der Waals surface area contributed by atoms with Gasteiger partial charge in [0.2, 0.25) is 5.91 Å². The number of nitrogens with zero attached hydrogens (tertiary/aromatic N) is 1. The number of amides is 1. The number of nitriles is 1. The fraction of sp³-hybridized carbons (Fsp3) is 0.167. The lowest BCUT2D eigenvalue weighted by molar-refractivity contribution is -0.114. The summed E-state index contributed by atoms with van der Waals surface area (Å²) < 4.78 is 5.40. The first-order valence-electron chi connectivity index (χ1n) is 7.65. The maximum Gasteiger partial charge on any atom is 0.255 e. The van der Waals surface area contributed by atoms with Crippen molar-refractivity contribution in [3.8, 4) is 11.8 Å². The number of H-pyrrole nitrogens is 1. The Bertz CT molecular complexity index is 1050. The van der Waals surface area contributed by atoms with Gasteiger partial charge in [0, 0.05) is 16.8 Å². The summed E-state index contributed by atoms with van der Waals surface area (Å²) in [4.78, 5) is 27.3. The molecule has 3 rings (SSSR count). The number of aromatic amines is 1. The number of hydrogen-bond donors (Lipinski definition) is 3. The Labute approximate surface area is 154 Å². The van der Waals surface area contributed by atoms with Crippen LogP contribution in [-0.2, 0) is 4.79 Å². The summed E-state index contributed by atoms with van der Waals surface area (Å²) in [5, 5.41) is 12.3. The van der Waals surface area contributed by atoms with E-state index in [-0.39, 0.29) is 10.7 Å². The van der Waals surface area contributed by atoms with Gasteiger partial charge < -0.3 is 20.8 Å². The topological polar surface area (TPSA) is 121 Å². The molecular formula is C18H15ClN4O3. The summed E-state index contributed by atoms with van der Waals surface area (Å²) in [5.41, 5.74) is 7.65. The van der Waals surface area contributed by atoms with Crippen molar-refractivity contribution in [2.75, 3.05) is 12.4 Å². The molecule has 4 N–H and O–H groups in total. The molecule has 0 spiro atoms. The van der Waals surface area contributed by atoms with Gasteiger partial charge in [0.25, 0.3) is 5.56 Å². The molecule has 1 unspecified atom stereocenters. The van der Waals surface area contributed by atoms with E-state index in [9.17, 15) is 9.59 Å². The van der Waals surface area contributed by atoms with E-state index < -0.39 is 17.4 Å². The van der Waals surface area contributed by atoms with Gasteiger partial charge in [0.15, 0.2) is 0 Å². The minimum atomic E-state index is -0.757. The Balaban J connectivity index is 2.36. The van der Waals surface area contributed by atoms with Crippen LogP contribution in [0.5, 0.6) is 5.75 Å². The summed E-state index contributed by atoms with van der Waals surface area (Å²) in [6, 6.07) is 8.40. The fourth-order valence-corrected chi connectivity index (χ4v) is 3.41. The Morgan fingerprint density at radius 1 is 1.38 bits per heavy atom. The Morgan fingerprint density at radius 3 is 2.73 bits per heavy atom. The summed E-state index contributed by atoms with van der Waals surface area (Å²) in [6.45, 7) is 1.70. The number of carbonyl (C=O) groups excluding carboxylic acids is 1. The quantitative estimate of drug-likeness (QED) is 0.715.